The molecule has 2 aromatic carbocycles. The zero-order valence-electron chi connectivity index (χ0n) is 21.3. The third-order valence-electron chi connectivity index (χ3n) is 6.51. The third-order valence-corrected chi connectivity index (χ3v) is 6.89. The molecule has 0 saturated carbocycles. The number of para-hydroxylation sites is 1. The number of aromatic nitrogens is 4. The fraction of sp³-hybridized carbons (Fsp3) is 0.308. The molecule has 222 valence electrons. The molecule has 42 heavy (non-hydrogen) atoms. The van der Waals surface area contributed by atoms with Crippen molar-refractivity contribution in [3.63, 3.8) is 0 Å². The van der Waals surface area contributed by atoms with E-state index in [1.807, 2.05) is 4.90 Å². The molecular weight excluding hydrogens is 596 g/mol. The normalized spacial score (nSPS) is 14.4. The minimum absolute atomic E-state index is 0.0102. The van der Waals surface area contributed by atoms with Crippen LogP contribution in [0.25, 0.3) is 11.4 Å². The van der Waals surface area contributed by atoms with Crippen molar-refractivity contribution in [1.82, 2.24) is 20.2 Å². The third kappa shape index (κ3) is 5.84. The fourth-order valence-electron chi connectivity index (χ4n) is 4.54. The number of halogens is 7. The van der Waals surface area contributed by atoms with Crippen LogP contribution in [0.1, 0.15) is 38.4 Å². The predicted molar refractivity (Wildman–Crippen MR) is 135 cm³/mol. The van der Waals surface area contributed by atoms with E-state index in [4.69, 9.17) is 20.9 Å². The summed E-state index contributed by atoms with van der Waals surface area (Å²) in [5, 5.41) is 21.0. The highest BCUT2D eigenvalue weighted by Crippen LogP contribution is 2.37. The number of aliphatic hydroxyl groups excluding tert-OH is 1. The van der Waals surface area contributed by atoms with Crippen LogP contribution in [-0.4, -0.2) is 57.3 Å². The number of aliphatic hydroxyl groups is 1. The van der Waals surface area contributed by atoms with Crippen molar-refractivity contribution in [3.05, 3.63) is 81.2 Å². The Morgan fingerprint density at radius 3 is 2.24 bits per heavy atom. The van der Waals surface area contributed by atoms with E-state index in [0.29, 0.717) is 44.1 Å². The molecule has 0 spiro atoms. The van der Waals surface area contributed by atoms with Gasteiger partial charge in [-0.2, -0.15) is 26.3 Å². The van der Waals surface area contributed by atoms with Crippen LogP contribution >= 0.6 is 11.6 Å². The van der Waals surface area contributed by atoms with Crippen molar-refractivity contribution in [1.29, 1.82) is 0 Å². The molecule has 0 atom stereocenters. The van der Waals surface area contributed by atoms with Crippen molar-refractivity contribution in [2.24, 2.45) is 0 Å². The quantitative estimate of drug-likeness (QED) is 0.223. The second-order valence-electron chi connectivity index (χ2n) is 9.23. The first kappa shape index (κ1) is 29.5. The molecule has 4 aromatic rings. The highest BCUT2D eigenvalue weighted by Gasteiger charge is 2.37. The molecule has 1 N–H and O–H groups in total. The summed E-state index contributed by atoms with van der Waals surface area (Å²) < 4.78 is 91.3. The second-order valence-corrected chi connectivity index (χ2v) is 9.59. The maximum Gasteiger partial charge on any atom is 0.416 e. The van der Waals surface area contributed by atoms with Gasteiger partial charge in [0.1, 0.15) is 12.3 Å². The average Bonchev–Trinajstić information content (AvgIpc) is 3.55. The number of rotatable bonds is 7. The van der Waals surface area contributed by atoms with Crippen LogP contribution in [0.5, 0.6) is 0 Å². The van der Waals surface area contributed by atoms with Crippen molar-refractivity contribution < 1.29 is 45.5 Å². The molecule has 1 aliphatic rings. The van der Waals surface area contributed by atoms with E-state index in [2.05, 4.69) is 15.5 Å². The van der Waals surface area contributed by atoms with Gasteiger partial charge in [-0.25, -0.2) is 4.68 Å². The zero-order valence-corrected chi connectivity index (χ0v) is 22.1. The molecule has 9 nitrogen and oxygen atoms in total. The molecule has 0 aliphatic carbocycles. The summed E-state index contributed by atoms with van der Waals surface area (Å²) in [7, 11) is 0. The van der Waals surface area contributed by atoms with Gasteiger partial charge in [0.05, 0.1) is 36.4 Å². The van der Waals surface area contributed by atoms with Gasteiger partial charge in [-0.15, -0.1) is 5.10 Å². The van der Waals surface area contributed by atoms with Crippen LogP contribution in [0.15, 0.2) is 47.0 Å². The topological polar surface area (TPSA) is 107 Å². The zero-order chi connectivity index (χ0) is 30.2. The Balaban J connectivity index is 1.53. The standard InChI is InChI=1S/C26H20ClF6N5O4/c27-24-22(34-36-38(24)12-14-9-15(25(28,29)30)11-16(10-14)26(31,32)33)21-20(19(13-39)42-35-21)23(40)17-3-1-2-4-18(17)37-5-7-41-8-6-37/h1-4,9-11,39H,5-8,12-13H2. The Morgan fingerprint density at radius 1 is 0.976 bits per heavy atom. The van der Waals surface area contributed by atoms with Gasteiger partial charge in [0.2, 0.25) is 5.78 Å². The van der Waals surface area contributed by atoms with Crippen molar-refractivity contribution in [2.45, 2.75) is 25.5 Å². The molecule has 16 heteroatoms. The van der Waals surface area contributed by atoms with Gasteiger partial charge < -0.3 is 19.3 Å². The van der Waals surface area contributed by atoms with E-state index in [-0.39, 0.29) is 39.5 Å². The summed E-state index contributed by atoms with van der Waals surface area (Å²) in [5.41, 5.74) is -3.16. The first-order valence-electron chi connectivity index (χ1n) is 12.3. The summed E-state index contributed by atoms with van der Waals surface area (Å²) in [6.07, 6.45) is -10.1. The highest BCUT2D eigenvalue weighted by atomic mass is 35.5. The Bertz CT molecular complexity index is 1580. The minimum Gasteiger partial charge on any atom is -0.388 e. The van der Waals surface area contributed by atoms with Crippen molar-refractivity contribution in [3.8, 4) is 11.4 Å². The minimum atomic E-state index is -5.04. The number of alkyl halides is 6. The number of ketones is 1. The summed E-state index contributed by atoms with van der Waals surface area (Å²) in [6, 6.07) is 7.83. The van der Waals surface area contributed by atoms with Gasteiger partial charge in [0, 0.05) is 24.3 Å². The lowest BCUT2D eigenvalue weighted by atomic mass is 9.98. The molecule has 5 rings (SSSR count). The van der Waals surface area contributed by atoms with Crippen molar-refractivity contribution >= 4 is 23.1 Å². The number of nitrogens with zero attached hydrogens (tertiary/aromatic N) is 5. The van der Waals surface area contributed by atoms with Crippen LogP contribution in [0.3, 0.4) is 0 Å². The first-order chi connectivity index (χ1) is 19.9. The smallest absolute Gasteiger partial charge is 0.388 e. The number of carbonyl (C=O) groups excluding carboxylic acids is 1. The molecule has 1 saturated heterocycles. The van der Waals surface area contributed by atoms with Crippen LogP contribution < -0.4 is 4.90 Å². The maximum atomic E-state index is 13.8. The average molecular weight is 616 g/mol. The van der Waals surface area contributed by atoms with Crippen LogP contribution in [0, 0.1) is 0 Å². The van der Waals surface area contributed by atoms with Crippen LogP contribution in [0.2, 0.25) is 5.15 Å². The van der Waals surface area contributed by atoms with E-state index < -0.39 is 48.0 Å². The van der Waals surface area contributed by atoms with Gasteiger partial charge in [-0.3, -0.25) is 4.79 Å². The predicted octanol–water partition coefficient (Wildman–Crippen LogP) is 5.23. The van der Waals surface area contributed by atoms with Gasteiger partial charge in [0.15, 0.2) is 16.6 Å². The highest BCUT2D eigenvalue weighted by molar-refractivity contribution is 6.32. The summed E-state index contributed by atoms with van der Waals surface area (Å²) in [5.74, 6) is -0.791. The molecule has 0 bridgehead atoms. The Labute approximate surface area is 238 Å². The number of hydrogen-bond acceptors (Lipinski definition) is 8. The lowest BCUT2D eigenvalue weighted by Crippen LogP contribution is -2.37. The van der Waals surface area contributed by atoms with E-state index in [1.165, 1.54) is 0 Å². The van der Waals surface area contributed by atoms with E-state index in [0.717, 1.165) is 4.68 Å². The molecule has 0 amide bonds. The maximum absolute atomic E-state index is 13.8. The second kappa shape index (κ2) is 11.4. The van der Waals surface area contributed by atoms with Gasteiger partial charge in [-0.1, -0.05) is 34.1 Å². The molecular formula is C26H20ClF6N5O4. The fourth-order valence-corrected chi connectivity index (χ4v) is 4.76. The first-order valence-corrected chi connectivity index (χ1v) is 12.7. The van der Waals surface area contributed by atoms with Gasteiger partial charge in [0.25, 0.3) is 0 Å². The lowest BCUT2D eigenvalue weighted by Gasteiger charge is -2.30. The number of ether oxygens (including phenoxy) is 1. The molecule has 1 fully saturated rings. The van der Waals surface area contributed by atoms with Crippen LogP contribution in [0.4, 0.5) is 32.0 Å². The van der Waals surface area contributed by atoms with E-state index in [1.54, 1.807) is 24.3 Å². The summed E-state index contributed by atoms with van der Waals surface area (Å²) in [6.45, 7) is 0.630. The number of anilines is 1. The Hall–Kier alpha value is -3.95. The number of benzene rings is 2. The van der Waals surface area contributed by atoms with Gasteiger partial charge >= 0.3 is 12.4 Å². The molecule has 3 heterocycles. The molecule has 0 unspecified atom stereocenters. The Morgan fingerprint density at radius 2 is 1.62 bits per heavy atom. The molecule has 1 aliphatic heterocycles. The summed E-state index contributed by atoms with van der Waals surface area (Å²) >= 11 is 6.41. The molecule has 2 aromatic heterocycles. The SMILES string of the molecule is O=C(c1ccccc1N1CCOCC1)c1c(-c2nnn(Cc3cc(C(F)(F)F)cc(C(F)(F)F)c3)c2Cl)noc1CO. The monoisotopic (exact) mass is 615 g/mol. The number of hydrogen-bond donors (Lipinski definition) is 1. The lowest BCUT2D eigenvalue weighted by molar-refractivity contribution is -0.143. The number of carbonyl (C=O) groups is 1. The van der Waals surface area contributed by atoms with E-state index in [9.17, 15) is 36.2 Å². The Kier molecular flexibility index (Phi) is 8.00. The van der Waals surface area contributed by atoms with Gasteiger partial charge in [-0.05, 0) is 35.9 Å². The molecule has 0 radical (unpaired) electrons. The van der Waals surface area contributed by atoms with Crippen molar-refractivity contribution in [2.75, 3.05) is 31.2 Å². The number of morpholine rings is 1. The van der Waals surface area contributed by atoms with Crippen LogP contribution in [-0.2, 0) is 30.2 Å². The van der Waals surface area contributed by atoms with E-state index >= 15 is 0 Å². The summed E-state index contributed by atoms with van der Waals surface area (Å²) in [4.78, 5) is 15.8. The largest absolute Gasteiger partial charge is 0.416 e.